The summed E-state index contributed by atoms with van der Waals surface area (Å²) in [7, 11) is 1.88. The van der Waals surface area contributed by atoms with Gasteiger partial charge in [-0.05, 0) is 36.3 Å². The minimum absolute atomic E-state index is 0.00810. The highest BCUT2D eigenvalue weighted by Crippen LogP contribution is 2.27. The molecule has 3 aromatic rings. The lowest BCUT2D eigenvalue weighted by molar-refractivity contribution is 0.725. The van der Waals surface area contributed by atoms with E-state index in [9.17, 15) is 4.79 Å². The molecule has 5 nitrogen and oxygen atoms in total. The van der Waals surface area contributed by atoms with Crippen LogP contribution in [-0.4, -0.2) is 19.3 Å². The third kappa shape index (κ3) is 2.05. The lowest BCUT2D eigenvalue weighted by Crippen LogP contribution is -2.20. The molecule has 110 valence electrons. The Hall–Kier alpha value is -2.40. The van der Waals surface area contributed by atoms with Crippen LogP contribution in [0.5, 0.6) is 0 Å². The van der Waals surface area contributed by atoms with Crippen LogP contribution in [-0.2, 0) is 13.6 Å². The number of hydrogen-bond acceptors (Lipinski definition) is 3. The van der Waals surface area contributed by atoms with Gasteiger partial charge in [-0.2, -0.15) is 5.10 Å². The second-order valence-electron chi connectivity index (χ2n) is 5.42. The van der Waals surface area contributed by atoms with E-state index in [1.54, 1.807) is 33.6 Å². The second kappa shape index (κ2) is 4.81. The first-order valence-electron chi connectivity index (χ1n) is 7.01. The van der Waals surface area contributed by atoms with Gasteiger partial charge in [-0.25, -0.2) is 4.98 Å². The molecule has 4 rings (SSSR count). The number of aryl methyl sites for hydroxylation is 1. The van der Waals surface area contributed by atoms with Gasteiger partial charge >= 0.3 is 0 Å². The Morgan fingerprint density at radius 3 is 3.00 bits per heavy atom. The summed E-state index contributed by atoms with van der Waals surface area (Å²) in [5, 5.41) is 5.35. The van der Waals surface area contributed by atoms with Crippen molar-refractivity contribution in [1.82, 2.24) is 19.3 Å². The van der Waals surface area contributed by atoms with Gasteiger partial charge in [0.15, 0.2) is 0 Å². The highest BCUT2D eigenvalue weighted by atomic mass is 35.5. The maximum atomic E-state index is 12.6. The van der Waals surface area contributed by atoms with Gasteiger partial charge in [-0.15, -0.1) is 0 Å². The van der Waals surface area contributed by atoms with E-state index in [4.69, 9.17) is 11.6 Å². The average Bonchev–Trinajstić information content (AvgIpc) is 3.07. The van der Waals surface area contributed by atoms with Crippen LogP contribution >= 0.6 is 11.6 Å². The van der Waals surface area contributed by atoms with Crippen molar-refractivity contribution in [3.63, 3.8) is 0 Å². The van der Waals surface area contributed by atoms with Crippen molar-refractivity contribution in [3.05, 3.63) is 57.4 Å². The van der Waals surface area contributed by atoms with E-state index in [0.717, 1.165) is 23.4 Å². The Balaban J connectivity index is 1.93. The minimum atomic E-state index is -0.00810. The van der Waals surface area contributed by atoms with Crippen LogP contribution in [0.15, 0.2) is 35.4 Å². The summed E-state index contributed by atoms with van der Waals surface area (Å²) in [6.07, 6.45) is 6.56. The van der Waals surface area contributed by atoms with Gasteiger partial charge in [0.25, 0.3) is 5.56 Å². The summed E-state index contributed by atoms with van der Waals surface area (Å²) in [4.78, 5) is 17.2. The molecule has 1 aliphatic heterocycles. The molecule has 0 bridgehead atoms. The normalized spacial score (nSPS) is 15.6. The lowest BCUT2D eigenvalue weighted by atomic mass is 10.1. The van der Waals surface area contributed by atoms with Crippen LogP contribution in [0.1, 0.15) is 17.8 Å². The van der Waals surface area contributed by atoms with E-state index < -0.39 is 0 Å². The van der Waals surface area contributed by atoms with E-state index in [2.05, 4.69) is 10.1 Å². The van der Waals surface area contributed by atoms with Crippen LogP contribution in [0.3, 0.4) is 0 Å². The van der Waals surface area contributed by atoms with Gasteiger partial charge in [-0.1, -0.05) is 11.6 Å². The van der Waals surface area contributed by atoms with Gasteiger partial charge in [0.1, 0.15) is 5.82 Å². The molecule has 0 saturated carbocycles. The molecular formula is C16H13ClN4O. The predicted molar refractivity (Wildman–Crippen MR) is 86.7 cm³/mol. The third-order valence-corrected chi connectivity index (χ3v) is 4.11. The van der Waals surface area contributed by atoms with Crippen LogP contribution in [0.25, 0.3) is 22.6 Å². The smallest absolute Gasteiger partial charge is 0.261 e. The van der Waals surface area contributed by atoms with E-state index >= 15 is 0 Å². The maximum absolute atomic E-state index is 12.6. The largest absolute Gasteiger partial charge is 0.292 e. The molecule has 1 aliphatic rings. The van der Waals surface area contributed by atoms with E-state index in [0.29, 0.717) is 22.5 Å². The molecule has 0 unspecified atom stereocenters. The van der Waals surface area contributed by atoms with E-state index in [1.165, 1.54) is 0 Å². The third-order valence-electron chi connectivity index (χ3n) is 3.88. The van der Waals surface area contributed by atoms with Gasteiger partial charge in [-0.3, -0.25) is 14.0 Å². The molecule has 6 heteroatoms. The van der Waals surface area contributed by atoms with Gasteiger partial charge in [0.2, 0.25) is 0 Å². The van der Waals surface area contributed by atoms with Crippen molar-refractivity contribution in [2.45, 2.75) is 13.0 Å². The fourth-order valence-electron chi connectivity index (χ4n) is 2.84. The molecular weight excluding hydrogens is 300 g/mol. The number of hydrogen-bond donors (Lipinski definition) is 0. The number of rotatable bonds is 1. The van der Waals surface area contributed by atoms with Gasteiger partial charge < -0.3 is 0 Å². The first-order valence-corrected chi connectivity index (χ1v) is 7.39. The maximum Gasteiger partial charge on any atom is 0.261 e. The summed E-state index contributed by atoms with van der Waals surface area (Å²) in [5.74, 6) is 0.726. The number of benzene rings is 1. The fraction of sp³-hybridized carbons (Fsp3) is 0.188. The monoisotopic (exact) mass is 312 g/mol. The Labute approximate surface area is 131 Å². The Morgan fingerprint density at radius 1 is 1.36 bits per heavy atom. The van der Waals surface area contributed by atoms with E-state index in [1.807, 2.05) is 19.3 Å². The number of aromatic nitrogens is 4. The Kier molecular flexibility index (Phi) is 2.90. The first kappa shape index (κ1) is 13.3. The van der Waals surface area contributed by atoms with Gasteiger partial charge in [0, 0.05) is 30.4 Å². The molecule has 3 heterocycles. The zero-order valence-electron chi connectivity index (χ0n) is 12.0. The molecule has 0 radical (unpaired) electrons. The molecule has 0 spiro atoms. The first-order chi connectivity index (χ1) is 10.6. The number of fused-ring (bicyclic) bond motifs is 2. The van der Waals surface area contributed by atoms with E-state index in [-0.39, 0.29) is 5.56 Å². The average molecular weight is 313 g/mol. The summed E-state index contributed by atoms with van der Waals surface area (Å²) >= 11 is 6.02. The number of nitrogens with zero attached hydrogens (tertiary/aromatic N) is 4. The summed E-state index contributed by atoms with van der Waals surface area (Å²) in [6, 6.07) is 5.20. The molecule has 0 amide bonds. The van der Waals surface area contributed by atoms with Gasteiger partial charge in [0.05, 0.1) is 17.1 Å². The highest BCUT2D eigenvalue weighted by molar-refractivity contribution is 6.31. The van der Waals surface area contributed by atoms with Crippen molar-refractivity contribution in [3.8, 4) is 0 Å². The van der Waals surface area contributed by atoms with Crippen molar-refractivity contribution >= 4 is 34.2 Å². The Morgan fingerprint density at radius 2 is 2.23 bits per heavy atom. The molecule has 0 saturated heterocycles. The molecule has 0 aliphatic carbocycles. The molecule has 0 fully saturated rings. The van der Waals surface area contributed by atoms with Crippen LogP contribution in [0, 0.1) is 0 Å². The summed E-state index contributed by atoms with van der Waals surface area (Å²) < 4.78 is 3.49. The molecule has 22 heavy (non-hydrogen) atoms. The fourth-order valence-corrected chi connectivity index (χ4v) is 3.01. The molecule has 0 atom stereocenters. The lowest BCUT2D eigenvalue weighted by Gasteiger charge is -2.05. The van der Waals surface area contributed by atoms with Crippen molar-refractivity contribution in [2.75, 3.05) is 0 Å². The molecule has 1 aromatic carbocycles. The zero-order valence-corrected chi connectivity index (χ0v) is 12.7. The van der Waals surface area contributed by atoms with Crippen LogP contribution in [0.2, 0.25) is 5.02 Å². The minimum Gasteiger partial charge on any atom is -0.292 e. The number of allylic oxidation sites excluding steroid dienone is 1. The standard InChI is InChI=1S/C16H13ClN4O/c1-20-9-10(8-18-20)6-11-4-5-21-15(11)19-14-7-12(17)2-3-13(14)16(21)22/h2-3,6-9H,4-5H2,1H3/b11-6+. The topological polar surface area (TPSA) is 52.7 Å². The quantitative estimate of drug-likeness (QED) is 0.694. The second-order valence-corrected chi connectivity index (χ2v) is 5.86. The molecule has 0 N–H and O–H groups in total. The van der Waals surface area contributed by atoms with Crippen molar-refractivity contribution < 1.29 is 0 Å². The Bertz CT molecular complexity index is 983. The van der Waals surface area contributed by atoms with Crippen LogP contribution < -0.4 is 5.56 Å². The summed E-state index contributed by atoms with van der Waals surface area (Å²) in [6.45, 7) is 0.659. The zero-order chi connectivity index (χ0) is 15.3. The highest BCUT2D eigenvalue weighted by Gasteiger charge is 2.21. The van der Waals surface area contributed by atoms with Crippen molar-refractivity contribution in [1.29, 1.82) is 0 Å². The predicted octanol–water partition coefficient (Wildman–Crippen LogP) is 2.73. The van der Waals surface area contributed by atoms with Crippen LogP contribution in [0.4, 0.5) is 0 Å². The number of halogens is 1. The SMILES string of the molecule is Cn1cc(/C=C2\CCn3c2nc2cc(Cl)ccc2c3=O)cn1. The van der Waals surface area contributed by atoms with Crippen molar-refractivity contribution in [2.24, 2.45) is 7.05 Å². The summed E-state index contributed by atoms with van der Waals surface area (Å²) in [5.41, 5.74) is 2.69. The molecule has 2 aromatic heterocycles.